The lowest BCUT2D eigenvalue weighted by molar-refractivity contribution is 0.340. The fraction of sp³-hybridized carbons (Fsp3) is 0.200. The molecule has 0 fully saturated rings. The van der Waals surface area contributed by atoms with Gasteiger partial charge >= 0.3 is 0 Å². The van der Waals surface area contributed by atoms with Crippen LogP contribution in [0.3, 0.4) is 0 Å². The minimum absolute atomic E-state index is 0.671. The summed E-state index contributed by atoms with van der Waals surface area (Å²) in [5.41, 5.74) is 0. The highest BCUT2D eigenvalue weighted by atomic mass is 79.9. The van der Waals surface area contributed by atoms with E-state index in [-0.39, 0.29) is 0 Å². The SMILES string of the molecule is COc1ccc(OCCSc2ccccc2)c(Br)c1. The first-order valence-electron chi connectivity index (χ1n) is 5.94. The van der Waals surface area contributed by atoms with Crippen LogP contribution in [0.15, 0.2) is 57.9 Å². The maximum atomic E-state index is 5.73. The molecular formula is C15H15BrO2S. The molecule has 4 heteroatoms. The Morgan fingerprint density at radius 3 is 2.58 bits per heavy atom. The molecule has 0 unspecified atom stereocenters. The van der Waals surface area contributed by atoms with E-state index in [0.29, 0.717) is 6.61 Å². The summed E-state index contributed by atoms with van der Waals surface area (Å²) in [6, 6.07) is 16.0. The van der Waals surface area contributed by atoms with Crippen LogP contribution in [-0.4, -0.2) is 19.5 Å². The van der Waals surface area contributed by atoms with Gasteiger partial charge in [-0.05, 0) is 46.3 Å². The normalized spacial score (nSPS) is 10.2. The Balaban J connectivity index is 1.80. The van der Waals surface area contributed by atoms with Gasteiger partial charge in [-0.25, -0.2) is 0 Å². The predicted molar refractivity (Wildman–Crippen MR) is 83.4 cm³/mol. The number of ether oxygens (including phenoxy) is 2. The number of benzene rings is 2. The Morgan fingerprint density at radius 1 is 1.11 bits per heavy atom. The molecule has 2 rings (SSSR count). The van der Waals surface area contributed by atoms with Gasteiger partial charge in [-0.1, -0.05) is 18.2 Å². The Bertz CT molecular complexity index is 517. The maximum Gasteiger partial charge on any atom is 0.133 e. The van der Waals surface area contributed by atoms with Crippen LogP contribution < -0.4 is 9.47 Å². The molecule has 0 saturated heterocycles. The average molecular weight is 339 g/mol. The smallest absolute Gasteiger partial charge is 0.133 e. The number of methoxy groups -OCH3 is 1. The molecule has 100 valence electrons. The van der Waals surface area contributed by atoms with Crippen LogP contribution in [0, 0.1) is 0 Å². The van der Waals surface area contributed by atoms with Gasteiger partial charge in [0.2, 0.25) is 0 Å². The van der Waals surface area contributed by atoms with Crippen LogP contribution in [0.25, 0.3) is 0 Å². The van der Waals surface area contributed by atoms with Gasteiger partial charge in [0, 0.05) is 10.6 Å². The van der Waals surface area contributed by atoms with Crippen molar-refractivity contribution < 1.29 is 9.47 Å². The van der Waals surface area contributed by atoms with Crippen molar-refractivity contribution in [2.24, 2.45) is 0 Å². The Labute approximate surface area is 126 Å². The summed E-state index contributed by atoms with van der Waals surface area (Å²) in [6.07, 6.45) is 0. The molecule has 0 heterocycles. The van der Waals surface area contributed by atoms with Crippen LogP contribution in [0.4, 0.5) is 0 Å². The van der Waals surface area contributed by atoms with Crippen molar-refractivity contribution in [2.75, 3.05) is 19.5 Å². The van der Waals surface area contributed by atoms with E-state index in [1.807, 2.05) is 36.4 Å². The van der Waals surface area contributed by atoms with Crippen LogP contribution in [0.1, 0.15) is 0 Å². The van der Waals surface area contributed by atoms with Crippen molar-refractivity contribution >= 4 is 27.7 Å². The van der Waals surface area contributed by atoms with Crippen LogP contribution in [0.2, 0.25) is 0 Å². The van der Waals surface area contributed by atoms with E-state index >= 15 is 0 Å². The molecule has 0 aliphatic rings. The second-order valence-electron chi connectivity index (χ2n) is 3.81. The van der Waals surface area contributed by atoms with Crippen molar-refractivity contribution in [3.05, 3.63) is 53.0 Å². The first-order chi connectivity index (χ1) is 9.29. The molecule has 2 aromatic carbocycles. The number of halogens is 1. The first kappa shape index (κ1) is 14.3. The highest BCUT2D eigenvalue weighted by Crippen LogP contribution is 2.29. The molecule has 0 atom stereocenters. The minimum atomic E-state index is 0.671. The largest absolute Gasteiger partial charge is 0.497 e. The number of hydrogen-bond acceptors (Lipinski definition) is 3. The van der Waals surface area contributed by atoms with E-state index in [0.717, 1.165) is 21.7 Å². The summed E-state index contributed by atoms with van der Waals surface area (Å²) in [5.74, 6) is 2.58. The van der Waals surface area contributed by atoms with Crippen molar-refractivity contribution in [1.29, 1.82) is 0 Å². The molecule has 0 radical (unpaired) electrons. The lowest BCUT2D eigenvalue weighted by Gasteiger charge is -2.09. The molecule has 0 bridgehead atoms. The summed E-state index contributed by atoms with van der Waals surface area (Å²) >= 11 is 5.26. The van der Waals surface area contributed by atoms with Crippen LogP contribution >= 0.6 is 27.7 Å². The summed E-state index contributed by atoms with van der Waals surface area (Å²) in [4.78, 5) is 1.26. The van der Waals surface area contributed by atoms with E-state index < -0.39 is 0 Å². The third kappa shape index (κ3) is 4.48. The fourth-order valence-electron chi connectivity index (χ4n) is 1.55. The van der Waals surface area contributed by atoms with Gasteiger partial charge in [0.25, 0.3) is 0 Å². The van der Waals surface area contributed by atoms with E-state index in [4.69, 9.17) is 9.47 Å². The lowest BCUT2D eigenvalue weighted by atomic mass is 10.3. The van der Waals surface area contributed by atoms with Crippen LogP contribution in [0.5, 0.6) is 11.5 Å². The standard InChI is InChI=1S/C15H15BrO2S/c1-17-12-7-8-15(14(16)11-12)18-9-10-19-13-5-3-2-4-6-13/h2-8,11H,9-10H2,1H3. The zero-order valence-corrected chi connectivity index (χ0v) is 13.0. The topological polar surface area (TPSA) is 18.5 Å². The van der Waals surface area contributed by atoms with Crippen LogP contribution in [-0.2, 0) is 0 Å². The fourth-order valence-corrected chi connectivity index (χ4v) is 2.78. The monoisotopic (exact) mass is 338 g/mol. The molecule has 0 amide bonds. The molecule has 19 heavy (non-hydrogen) atoms. The summed E-state index contributed by atoms with van der Waals surface area (Å²) in [6.45, 7) is 0.671. The highest BCUT2D eigenvalue weighted by Gasteiger charge is 2.03. The summed E-state index contributed by atoms with van der Waals surface area (Å²) in [5, 5.41) is 0. The second kappa shape index (κ2) is 7.46. The van der Waals surface area contributed by atoms with Gasteiger partial charge in [-0.2, -0.15) is 0 Å². The first-order valence-corrected chi connectivity index (χ1v) is 7.71. The second-order valence-corrected chi connectivity index (χ2v) is 5.83. The molecule has 0 spiro atoms. The summed E-state index contributed by atoms with van der Waals surface area (Å²) in [7, 11) is 1.65. The lowest BCUT2D eigenvalue weighted by Crippen LogP contribution is -2.00. The Hall–Kier alpha value is -1.13. The molecule has 2 aromatic rings. The summed E-state index contributed by atoms with van der Waals surface area (Å²) < 4.78 is 11.8. The van der Waals surface area contributed by atoms with Crippen molar-refractivity contribution in [3.63, 3.8) is 0 Å². The Kier molecular flexibility index (Phi) is 5.61. The van der Waals surface area contributed by atoms with Gasteiger partial charge < -0.3 is 9.47 Å². The zero-order valence-electron chi connectivity index (χ0n) is 10.6. The van der Waals surface area contributed by atoms with Gasteiger partial charge in [0.15, 0.2) is 0 Å². The molecule has 0 saturated carbocycles. The van der Waals surface area contributed by atoms with Crippen molar-refractivity contribution in [2.45, 2.75) is 4.90 Å². The van der Waals surface area contributed by atoms with Gasteiger partial charge in [0.05, 0.1) is 18.2 Å². The molecule has 0 aliphatic carbocycles. The Morgan fingerprint density at radius 2 is 1.89 bits per heavy atom. The molecule has 0 N–H and O–H groups in total. The minimum Gasteiger partial charge on any atom is -0.497 e. The average Bonchev–Trinajstić information content (AvgIpc) is 2.46. The van der Waals surface area contributed by atoms with E-state index in [9.17, 15) is 0 Å². The molecule has 2 nitrogen and oxygen atoms in total. The zero-order chi connectivity index (χ0) is 13.5. The number of rotatable bonds is 6. The van der Waals surface area contributed by atoms with Crippen molar-refractivity contribution in [1.82, 2.24) is 0 Å². The third-order valence-corrected chi connectivity index (χ3v) is 4.09. The number of hydrogen-bond donors (Lipinski definition) is 0. The quantitative estimate of drug-likeness (QED) is 0.565. The van der Waals surface area contributed by atoms with Gasteiger partial charge in [-0.3, -0.25) is 0 Å². The number of thioether (sulfide) groups is 1. The van der Waals surface area contributed by atoms with E-state index in [2.05, 4.69) is 28.1 Å². The maximum absolute atomic E-state index is 5.73. The molecule has 0 aliphatic heterocycles. The molecular weight excluding hydrogens is 324 g/mol. The van der Waals surface area contributed by atoms with Gasteiger partial charge in [0.1, 0.15) is 11.5 Å². The predicted octanol–water partition coefficient (Wildman–Crippen LogP) is 4.63. The van der Waals surface area contributed by atoms with E-state index in [1.165, 1.54) is 4.90 Å². The highest BCUT2D eigenvalue weighted by molar-refractivity contribution is 9.10. The third-order valence-electron chi connectivity index (χ3n) is 2.49. The van der Waals surface area contributed by atoms with Gasteiger partial charge in [-0.15, -0.1) is 11.8 Å². The van der Waals surface area contributed by atoms with E-state index in [1.54, 1.807) is 18.9 Å². The molecule has 0 aromatic heterocycles. The van der Waals surface area contributed by atoms with Crippen molar-refractivity contribution in [3.8, 4) is 11.5 Å².